The number of hydrogen-bond donors (Lipinski definition) is 2. The lowest BCUT2D eigenvalue weighted by Gasteiger charge is -2.08. The maximum absolute atomic E-state index is 13.2. The zero-order valence-electron chi connectivity index (χ0n) is 12.6. The van der Waals surface area contributed by atoms with Crippen molar-refractivity contribution in [1.82, 2.24) is 14.9 Å². The van der Waals surface area contributed by atoms with Gasteiger partial charge in [0.25, 0.3) is 0 Å². The molecule has 0 aliphatic carbocycles. The molecule has 0 aliphatic heterocycles. The summed E-state index contributed by atoms with van der Waals surface area (Å²) in [6, 6.07) is 11.7. The molecule has 2 N–H and O–H groups in total. The minimum atomic E-state index is -0.435. The number of amides is 1. The summed E-state index contributed by atoms with van der Waals surface area (Å²) in [5.41, 5.74) is 2.56. The number of aryl methyl sites for hydroxylation is 1. The average molecular weight is 313 g/mol. The van der Waals surface area contributed by atoms with Crippen LogP contribution >= 0.6 is 0 Å². The molecule has 1 heterocycles. The average Bonchev–Trinajstić information content (AvgIpc) is 2.81. The highest BCUT2D eigenvalue weighted by Gasteiger charge is 2.11. The Kier molecular flexibility index (Phi) is 3.97. The summed E-state index contributed by atoms with van der Waals surface area (Å²) in [6.45, 7) is 2.26. The molecule has 0 fully saturated rings. The number of nitrogens with zero attached hydrogens (tertiary/aromatic N) is 1. The lowest BCUT2D eigenvalue weighted by molar-refractivity contribution is -0.121. The number of benzene rings is 2. The van der Waals surface area contributed by atoms with E-state index in [1.807, 2.05) is 31.2 Å². The van der Waals surface area contributed by atoms with Crippen LogP contribution < -0.4 is 11.0 Å². The fourth-order valence-corrected chi connectivity index (χ4v) is 2.49. The first-order chi connectivity index (χ1) is 11.0. The summed E-state index contributed by atoms with van der Waals surface area (Å²) >= 11 is 0. The van der Waals surface area contributed by atoms with Crippen LogP contribution in [0.5, 0.6) is 0 Å². The molecule has 6 heteroatoms. The van der Waals surface area contributed by atoms with Gasteiger partial charge in [-0.25, -0.2) is 9.18 Å². The van der Waals surface area contributed by atoms with Gasteiger partial charge in [0.1, 0.15) is 12.4 Å². The van der Waals surface area contributed by atoms with Crippen molar-refractivity contribution >= 4 is 16.9 Å². The van der Waals surface area contributed by atoms with E-state index in [0.29, 0.717) is 17.6 Å². The van der Waals surface area contributed by atoms with E-state index in [9.17, 15) is 14.0 Å². The first-order valence-electron chi connectivity index (χ1n) is 7.24. The Hall–Kier alpha value is -2.89. The summed E-state index contributed by atoms with van der Waals surface area (Å²) in [6.07, 6.45) is 0. The molecule has 118 valence electrons. The molecule has 1 aromatic heterocycles. The molecular weight excluding hydrogens is 297 g/mol. The van der Waals surface area contributed by atoms with Crippen molar-refractivity contribution in [2.75, 3.05) is 0 Å². The molecule has 3 aromatic rings. The number of carbonyl (C=O) groups excluding carboxylic acids is 1. The number of imidazole rings is 1. The number of nitrogens with one attached hydrogen (secondary N) is 2. The van der Waals surface area contributed by atoms with Crippen LogP contribution in [0.3, 0.4) is 0 Å². The van der Waals surface area contributed by atoms with Gasteiger partial charge >= 0.3 is 5.69 Å². The van der Waals surface area contributed by atoms with Crippen molar-refractivity contribution < 1.29 is 9.18 Å². The molecule has 2 aromatic carbocycles. The van der Waals surface area contributed by atoms with Crippen LogP contribution in [0.1, 0.15) is 11.1 Å². The first-order valence-corrected chi connectivity index (χ1v) is 7.24. The molecule has 0 saturated carbocycles. The Morgan fingerprint density at radius 2 is 2.04 bits per heavy atom. The molecule has 0 aliphatic rings. The molecule has 0 bridgehead atoms. The van der Waals surface area contributed by atoms with E-state index in [1.54, 1.807) is 0 Å². The van der Waals surface area contributed by atoms with Crippen molar-refractivity contribution in [3.8, 4) is 0 Å². The summed E-state index contributed by atoms with van der Waals surface area (Å²) in [5, 5.41) is 2.79. The summed E-state index contributed by atoms with van der Waals surface area (Å²) in [7, 11) is 0. The number of halogens is 1. The fourth-order valence-electron chi connectivity index (χ4n) is 2.49. The van der Waals surface area contributed by atoms with E-state index < -0.39 is 11.5 Å². The summed E-state index contributed by atoms with van der Waals surface area (Å²) < 4.78 is 14.5. The second-order valence-electron chi connectivity index (χ2n) is 5.38. The van der Waals surface area contributed by atoms with Crippen molar-refractivity contribution in [3.05, 3.63) is 69.9 Å². The molecular formula is C17H16FN3O2. The highest BCUT2D eigenvalue weighted by molar-refractivity contribution is 5.80. The van der Waals surface area contributed by atoms with E-state index in [4.69, 9.17) is 0 Å². The molecule has 3 rings (SSSR count). The second kappa shape index (κ2) is 6.08. The number of carbonyl (C=O) groups is 1. The smallest absolute Gasteiger partial charge is 0.326 e. The number of H-pyrrole nitrogens is 1. The van der Waals surface area contributed by atoms with Crippen molar-refractivity contribution in [1.29, 1.82) is 0 Å². The molecule has 23 heavy (non-hydrogen) atoms. The van der Waals surface area contributed by atoms with Gasteiger partial charge in [-0.05, 0) is 36.2 Å². The first kappa shape index (κ1) is 15.0. The Bertz CT molecular complexity index is 927. The lowest BCUT2D eigenvalue weighted by Crippen LogP contribution is -2.31. The summed E-state index contributed by atoms with van der Waals surface area (Å²) in [5.74, 6) is -0.713. The molecule has 0 spiro atoms. The third-order valence-electron chi connectivity index (χ3n) is 3.78. The van der Waals surface area contributed by atoms with E-state index in [0.717, 1.165) is 11.1 Å². The molecule has 0 atom stereocenters. The number of fused-ring (bicyclic) bond motifs is 1. The van der Waals surface area contributed by atoms with Gasteiger partial charge in [-0.1, -0.05) is 24.3 Å². The van der Waals surface area contributed by atoms with Crippen LogP contribution in [0.25, 0.3) is 11.0 Å². The van der Waals surface area contributed by atoms with Crippen LogP contribution in [-0.4, -0.2) is 15.5 Å². The van der Waals surface area contributed by atoms with Crippen LogP contribution in [0.2, 0.25) is 0 Å². The van der Waals surface area contributed by atoms with Crippen LogP contribution in [0.4, 0.5) is 4.39 Å². The lowest BCUT2D eigenvalue weighted by atomic mass is 10.1. The number of rotatable bonds is 4. The molecule has 1 amide bonds. The zero-order valence-corrected chi connectivity index (χ0v) is 12.6. The van der Waals surface area contributed by atoms with Gasteiger partial charge in [-0.3, -0.25) is 9.36 Å². The van der Waals surface area contributed by atoms with Crippen LogP contribution in [-0.2, 0) is 17.9 Å². The predicted octanol–water partition coefficient (Wildman–Crippen LogP) is 2.09. The van der Waals surface area contributed by atoms with Gasteiger partial charge in [-0.15, -0.1) is 0 Å². The SMILES string of the molecule is Cc1ccccc1CNC(=O)Cn1c(=O)[nH]c2cc(F)ccc21. The van der Waals surface area contributed by atoms with Gasteiger partial charge in [0, 0.05) is 6.54 Å². The molecule has 0 radical (unpaired) electrons. The van der Waals surface area contributed by atoms with E-state index >= 15 is 0 Å². The summed E-state index contributed by atoms with van der Waals surface area (Å²) in [4.78, 5) is 26.6. The highest BCUT2D eigenvalue weighted by atomic mass is 19.1. The fraction of sp³-hybridized carbons (Fsp3) is 0.176. The van der Waals surface area contributed by atoms with Gasteiger partial charge in [-0.2, -0.15) is 0 Å². The Morgan fingerprint density at radius 3 is 2.83 bits per heavy atom. The van der Waals surface area contributed by atoms with Gasteiger partial charge in [0.15, 0.2) is 0 Å². The second-order valence-corrected chi connectivity index (χ2v) is 5.38. The number of aromatic nitrogens is 2. The molecule has 0 unspecified atom stereocenters. The standard InChI is InChI=1S/C17H16FN3O2/c1-11-4-2-3-5-12(11)9-19-16(22)10-21-15-7-6-13(18)8-14(15)20-17(21)23/h2-8H,9-10H2,1H3,(H,19,22)(H,20,23). The normalized spacial score (nSPS) is 10.9. The minimum absolute atomic E-state index is 0.115. The van der Waals surface area contributed by atoms with Gasteiger partial charge in [0.05, 0.1) is 11.0 Å². The van der Waals surface area contributed by atoms with Crippen molar-refractivity contribution in [2.45, 2.75) is 20.0 Å². The van der Waals surface area contributed by atoms with Gasteiger partial charge in [0.2, 0.25) is 5.91 Å². The van der Waals surface area contributed by atoms with E-state index in [-0.39, 0.29) is 12.5 Å². The maximum atomic E-state index is 13.2. The van der Waals surface area contributed by atoms with E-state index in [2.05, 4.69) is 10.3 Å². The highest BCUT2D eigenvalue weighted by Crippen LogP contribution is 2.12. The van der Waals surface area contributed by atoms with Crippen LogP contribution in [0, 0.1) is 12.7 Å². The minimum Gasteiger partial charge on any atom is -0.350 e. The topological polar surface area (TPSA) is 66.9 Å². The van der Waals surface area contributed by atoms with Crippen molar-refractivity contribution in [3.63, 3.8) is 0 Å². The maximum Gasteiger partial charge on any atom is 0.326 e. The monoisotopic (exact) mass is 313 g/mol. The molecule has 0 saturated heterocycles. The largest absolute Gasteiger partial charge is 0.350 e. The van der Waals surface area contributed by atoms with E-state index in [1.165, 1.54) is 22.8 Å². The number of aromatic amines is 1. The third-order valence-corrected chi connectivity index (χ3v) is 3.78. The quantitative estimate of drug-likeness (QED) is 0.774. The van der Waals surface area contributed by atoms with Crippen LogP contribution in [0.15, 0.2) is 47.3 Å². The third kappa shape index (κ3) is 3.15. The predicted molar refractivity (Wildman–Crippen MR) is 85.5 cm³/mol. The number of hydrogen-bond acceptors (Lipinski definition) is 2. The van der Waals surface area contributed by atoms with Crippen molar-refractivity contribution in [2.24, 2.45) is 0 Å². The Balaban J connectivity index is 1.75. The Labute approximate surface area is 131 Å². The Morgan fingerprint density at radius 1 is 1.26 bits per heavy atom. The zero-order chi connectivity index (χ0) is 16.4. The molecule has 5 nitrogen and oxygen atoms in total. The van der Waals surface area contributed by atoms with Gasteiger partial charge < -0.3 is 10.3 Å².